The summed E-state index contributed by atoms with van der Waals surface area (Å²) in [5.41, 5.74) is -0.280. The van der Waals surface area contributed by atoms with Crippen molar-refractivity contribution < 1.29 is 37.1 Å². The third-order valence-electron chi connectivity index (χ3n) is 5.28. The van der Waals surface area contributed by atoms with Gasteiger partial charge < -0.3 is 20.7 Å². The molecule has 0 aliphatic carbocycles. The van der Waals surface area contributed by atoms with Gasteiger partial charge in [-0.3, -0.25) is 19.5 Å². The number of nitrogens with one attached hydrogen (secondary N) is 4. The van der Waals surface area contributed by atoms with E-state index in [4.69, 9.17) is 0 Å². The van der Waals surface area contributed by atoms with Gasteiger partial charge in [-0.25, -0.2) is 9.78 Å². The first kappa shape index (κ1) is 27.7. The number of hydrogen-bond donors (Lipinski definition) is 4. The first-order chi connectivity index (χ1) is 18.6. The highest BCUT2D eigenvalue weighted by Crippen LogP contribution is 2.36. The number of thiophene rings is 1. The molecule has 0 saturated carbocycles. The molecule has 0 saturated heterocycles. The number of benzene rings is 1. The number of aromatic nitrogens is 3. The summed E-state index contributed by atoms with van der Waals surface area (Å²) in [4.78, 5) is 52.6. The van der Waals surface area contributed by atoms with Crippen LogP contribution in [0, 0.1) is 0 Å². The lowest BCUT2D eigenvalue weighted by Crippen LogP contribution is -2.49. The maximum atomic E-state index is 13.7. The molecule has 3 heterocycles. The second-order valence-corrected chi connectivity index (χ2v) is 9.85. The van der Waals surface area contributed by atoms with E-state index < -0.39 is 58.2 Å². The number of halogens is 3. The molecule has 0 spiro atoms. The number of rotatable bonds is 9. The highest BCUT2D eigenvalue weighted by molar-refractivity contribution is 7.17. The molecule has 39 heavy (non-hydrogen) atoms. The number of thiazole rings is 1. The van der Waals surface area contributed by atoms with E-state index >= 15 is 0 Å². The van der Waals surface area contributed by atoms with Gasteiger partial charge in [-0.2, -0.15) is 18.3 Å². The molecule has 0 radical (unpaired) electrons. The van der Waals surface area contributed by atoms with Gasteiger partial charge in [0.25, 0.3) is 11.8 Å². The minimum Gasteiger partial charge on any atom is -0.467 e. The van der Waals surface area contributed by atoms with Crippen molar-refractivity contribution in [2.24, 2.45) is 0 Å². The molecule has 1 aromatic carbocycles. The number of ether oxygens (including phenoxy) is 1. The third-order valence-corrected chi connectivity index (χ3v) is 7.12. The van der Waals surface area contributed by atoms with E-state index in [1.165, 1.54) is 12.3 Å². The van der Waals surface area contributed by atoms with Crippen LogP contribution in [0.3, 0.4) is 0 Å². The Kier molecular flexibility index (Phi) is 8.25. The van der Waals surface area contributed by atoms with E-state index in [1.807, 2.05) is 0 Å². The van der Waals surface area contributed by atoms with Crippen molar-refractivity contribution in [3.8, 4) is 0 Å². The van der Waals surface area contributed by atoms with Crippen LogP contribution in [-0.2, 0) is 26.9 Å². The van der Waals surface area contributed by atoms with Crippen LogP contribution in [0.1, 0.15) is 30.6 Å². The second-order valence-electron chi connectivity index (χ2n) is 7.90. The predicted octanol–water partition coefficient (Wildman–Crippen LogP) is 2.98. The fraction of sp³-hybridized carbons (Fsp3) is 0.217. The molecule has 0 fully saturated rings. The second kappa shape index (κ2) is 11.6. The number of H-pyrrole nitrogens is 1. The van der Waals surface area contributed by atoms with Crippen LogP contribution in [0.5, 0.6) is 0 Å². The summed E-state index contributed by atoms with van der Waals surface area (Å²) in [7, 11) is 1.02. The highest BCUT2D eigenvalue weighted by atomic mass is 32.1. The molecule has 0 aliphatic rings. The van der Waals surface area contributed by atoms with E-state index in [9.17, 15) is 32.3 Å². The lowest BCUT2D eigenvalue weighted by Gasteiger charge is -2.17. The van der Waals surface area contributed by atoms with Gasteiger partial charge in [-0.05, 0) is 23.1 Å². The Balaban J connectivity index is 1.49. The van der Waals surface area contributed by atoms with Crippen LogP contribution in [0.15, 0.2) is 41.9 Å². The predicted molar refractivity (Wildman–Crippen MR) is 135 cm³/mol. The number of methoxy groups -OCH3 is 1. The van der Waals surface area contributed by atoms with Crippen molar-refractivity contribution in [1.82, 2.24) is 25.8 Å². The Morgan fingerprint density at radius 3 is 2.62 bits per heavy atom. The number of amides is 3. The molecule has 0 aliphatic heterocycles. The molecule has 4 aromatic rings. The molecule has 11 nitrogen and oxygen atoms in total. The smallest absolute Gasteiger partial charge is 0.435 e. The maximum Gasteiger partial charge on any atom is 0.435 e. The van der Waals surface area contributed by atoms with Gasteiger partial charge >= 0.3 is 12.1 Å². The van der Waals surface area contributed by atoms with Gasteiger partial charge in [-0.15, -0.1) is 11.3 Å². The Hall–Kier alpha value is -4.31. The third kappa shape index (κ3) is 6.58. The monoisotopic (exact) mass is 580 g/mol. The Morgan fingerprint density at radius 2 is 1.92 bits per heavy atom. The van der Waals surface area contributed by atoms with Crippen molar-refractivity contribution in [1.29, 1.82) is 0 Å². The van der Waals surface area contributed by atoms with E-state index in [2.05, 4.69) is 35.9 Å². The summed E-state index contributed by atoms with van der Waals surface area (Å²) in [6, 6.07) is 6.78. The molecule has 1 atom stereocenters. The summed E-state index contributed by atoms with van der Waals surface area (Å²) in [5, 5.41) is 15.4. The molecular weight excluding hydrogens is 561 g/mol. The van der Waals surface area contributed by atoms with E-state index in [-0.39, 0.29) is 6.42 Å². The zero-order valence-corrected chi connectivity index (χ0v) is 21.6. The molecule has 3 amide bonds. The molecule has 204 valence electrons. The van der Waals surface area contributed by atoms with Crippen LogP contribution < -0.4 is 16.0 Å². The number of aromatic amines is 1. The fourth-order valence-corrected chi connectivity index (χ4v) is 5.03. The standard InChI is InChI=1S/C23H19F3N6O5S2/c1-37-21(36)14(10-27-19(34)15-6-3-7-38-15)29-20(35)17-18(23(24,25)26)31-22(39-17)30-16(33)8-11-4-2-5-13-12(11)9-28-32-13/h2-7,9,14H,8,10H2,1H3,(H,27,34)(H,28,32)(H,29,35)(H,30,31,33)/t14-/m0/s1. The van der Waals surface area contributed by atoms with Crippen LogP contribution in [0.2, 0.25) is 0 Å². The fourth-order valence-electron chi connectivity index (χ4n) is 3.49. The summed E-state index contributed by atoms with van der Waals surface area (Å²) in [5.74, 6) is -3.49. The molecule has 4 N–H and O–H groups in total. The van der Waals surface area contributed by atoms with E-state index in [0.717, 1.165) is 18.4 Å². The maximum absolute atomic E-state index is 13.7. The average Bonchev–Trinajstić information content (AvgIpc) is 3.66. The number of alkyl halides is 3. The molecule has 4 rings (SSSR count). The zero-order valence-electron chi connectivity index (χ0n) is 19.9. The van der Waals surface area contributed by atoms with Crippen molar-refractivity contribution >= 4 is 62.4 Å². The number of esters is 1. The number of carbonyl (C=O) groups is 4. The van der Waals surface area contributed by atoms with E-state index in [1.54, 1.807) is 29.6 Å². The zero-order chi connectivity index (χ0) is 28.2. The minimum atomic E-state index is -5.04. The number of fused-ring (bicyclic) bond motifs is 1. The molecule has 0 bridgehead atoms. The van der Waals surface area contributed by atoms with E-state index in [0.29, 0.717) is 32.7 Å². The Morgan fingerprint density at radius 1 is 1.13 bits per heavy atom. The first-order valence-corrected chi connectivity index (χ1v) is 12.8. The van der Waals surface area contributed by atoms with Gasteiger partial charge in [0.1, 0.15) is 10.9 Å². The van der Waals surface area contributed by atoms with Gasteiger partial charge in [0, 0.05) is 11.9 Å². The molecular formula is C23H19F3N6O5S2. The summed E-state index contributed by atoms with van der Waals surface area (Å²) in [6.45, 7) is -0.446. The quantitative estimate of drug-likeness (QED) is 0.222. The van der Waals surface area contributed by atoms with Gasteiger partial charge in [-0.1, -0.05) is 29.5 Å². The Labute approximate surface area is 225 Å². The van der Waals surface area contributed by atoms with Crippen molar-refractivity contribution in [2.75, 3.05) is 19.0 Å². The topological polar surface area (TPSA) is 155 Å². The van der Waals surface area contributed by atoms with Crippen LogP contribution in [-0.4, -0.2) is 58.6 Å². The number of carbonyl (C=O) groups excluding carboxylic acids is 4. The highest BCUT2D eigenvalue weighted by Gasteiger charge is 2.40. The van der Waals surface area contributed by atoms with Crippen molar-refractivity contribution in [2.45, 2.75) is 18.6 Å². The summed E-state index contributed by atoms with van der Waals surface area (Å²) < 4.78 is 45.7. The number of hydrogen-bond acceptors (Lipinski definition) is 9. The SMILES string of the molecule is COC(=O)[C@H](CNC(=O)c1cccs1)NC(=O)c1sc(NC(=O)Cc2cccc3[nH]ncc23)nc1C(F)(F)F. The van der Waals surface area contributed by atoms with Gasteiger partial charge in [0.05, 0.1) is 30.1 Å². The van der Waals surface area contributed by atoms with Crippen molar-refractivity contribution in [3.05, 3.63) is 62.9 Å². The van der Waals surface area contributed by atoms with Crippen LogP contribution in [0.25, 0.3) is 10.9 Å². The summed E-state index contributed by atoms with van der Waals surface area (Å²) >= 11 is 1.43. The lowest BCUT2D eigenvalue weighted by molar-refractivity contribution is -0.142. The lowest BCUT2D eigenvalue weighted by atomic mass is 10.1. The minimum absolute atomic E-state index is 0.187. The first-order valence-electron chi connectivity index (χ1n) is 11.1. The number of anilines is 1. The molecule has 16 heteroatoms. The van der Waals surface area contributed by atoms with Crippen LogP contribution in [0.4, 0.5) is 18.3 Å². The average molecular weight is 581 g/mol. The summed E-state index contributed by atoms with van der Waals surface area (Å²) in [6.07, 6.45) is -3.71. The normalized spacial score (nSPS) is 12.1. The van der Waals surface area contributed by atoms with Gasteiger partial charge in [0.15, 0.2) is 10.8 Å². The molecule has 0 unspecified atom stereocenters. The van der Waals surface area contributed by atoms with Crippen LogP contribution >= 0.6 is 22.7 Å². The van der Waals surface area contributed by atoms with Gasteiger partial charge in [0.2, 0.25) is 5.91 Å². The molecule has 3 aromatic heterocycles. The Bertz CT molecular complexity index is 1520. The largest absolute Gasteiger partial charge is 0.467 e. The number of nitrogens with zero attached hydrogens (tertiary/aromatic N) is 2. The van der Waals surface area contributed by atoms with Crippen molar-refractivity contribution in [3.63, 3.8) is 0 Å².